The predicted octanol–water partition coefficient (Wildman–Crippen LogP) is 2.30. The zero-order chi connectivity index (χ0) is 15.7. The van der Waals surface area contributed by atoms with Crippen molar-refractivity contribution in [2.24, 2.45) is 5.73 Å². The number of hydrogen-bond donors (Lipinski definition) is 1. The molecule has 22 heavy (non-hydrogen) atoms. The molecule has 1 saturated heterocycles. The monoisotopic (exact) mass is 324 g/mol. The maximum absolute atomic E-state index is 13.9. The van der Waals surface area contributed by atoms with Crippen LogP contribution in [0.5, 0.6) is 0 Å². The molecule has 1 amide bonds. The van der Waals surface area contributed by atoms with E-state index in [0.717, 1.165) is 19.4 Å². The molecule has 2 N–H and O–H groups in total. The maximum Gasteiger partial charge on any atom is 0.290 e. The van der Waals surface area contributed by atoms with Crippen LogP contribution in [0.1, 0.15) is 41.0 Å². The fourth-order valence-electron chi connectivity index (χ4n) is 2.65. The van der Waals surface area contributed by atoms with Gasteiger partial charge in [0.05, 0.1) is 6.04 Å². The summed E-state index contributed by atoms with van der Waals surface area (Å²) >= 11 is 5.92. The van der Waals surface area contributed by atoms with Gasteiger partial charge in [0, 0.05) is 17.1 Å². The molecule has 1 fully saturated rings. The molecule has 8 heteroatoms. The number of hydrogen-bond acceptors (Lipinski definition) is 5. The molecule has 0 aliphatic carbocycles. The Bertz CT molecular complexity index is 706. The lowest BCUT2D eigenvalue weighted by Gasteiger charge is -2.21. The summed E-state index contributed by atoms with van der Waals surface area (Å²) < 4.78 is 19.0. The van der Waals surface area contributed by atoms with Crippen molar-refractivity contribution in [3.05, 3.63) is 46.3 Å². The molecule has 1 aliphatic heterocycles. The smallest absolute Gasteiger partial charge is 0.290 e. The first-order chi connectivity index (χ1) is 10.5. The van der Waals surface area contributed by atoms with Crippen molar-refractivity contribution in [1.29, 1.82) is 0 Å². The molecule has 116 valence electrons. The van der Waals surface area contributed by atoms with E-state index in [1.54, 1.807) is 6.07 Å². The van der Waals surface area contributed by atoms with Crippen LogP contribution in [-0.4, -0.2) is 27.5 Å². The Morgan fingerprint density at radius 1 is 1.55 bits per heavy atom. The van der Waals surface area contributed by atoms with Crippen molar-refractivity contribution in [1.82, 2.24) is 15.0 Å². The van der Waals surface area contributed by atoms with Gasteiger partial charge in [0.2, 0.25) is 5.89 Å². The van der Waals surface area contributed by atoms with E-state index in [1.165, 1.54) is 12.1 Å². The van der Waals surface area contributed by atoms with Gasteiger partial charge in [-0.1, -0.05) is 16.8 Å². The lowest BCUT2D eigenvalue weighted by Crippen LogP contribution is -2.23. The van der Waals surface area contributed by atoms with Gasteiger partial charge >= 0.3 is 0 Å². The molecular weight excluding hydrogens is 311 g/mol. The second-order valence-corrected chi connectivity index (χ2v) is 5.62. The second-order valence-electron chi connectivity index (χ2n) is 5.18. The topological polar surface area (TPSA) is 85.2 Å². The average Bonchev–Trinajstić information content (AvgIpc) is 3.11. The summed E-state index contributed by atoms with van der Waals surface area (Å²) in [5.41, 5.74) is 5.63. The number of carbonyl (C=O) groups is 1. The lowest BCUT2D eigenvalue weighted by molar-refractivity contribution is 0.0987. The fourth-order valence-corrected chi connectivity index (χ4v) is 2.84. The SMILES string of the molecule is NC(=O)c1noc([C@@H]2CCCN2Cc2cc(Cl)ccc2F)n1. The number of aromatic nitrogens is 2. The number of primary amides is 1. The maximum atomic E-state index is 13.9. The second kappa shape index (κ2) is 6.02. The molecule has 0 bridgehead atoms. The molecular formula is C14H14ClFN4O2. The van der Waals surface area contributed by atoms with Crippen LogP contribution in [-0.2, 0) is 6.54 Å². The van der Waals surface area contributed by atoms with Gasteiger partial charge in [-0.3, -0.25) is 9.69 Å². The summed E-state index contributed by atoms with van der Waals surface area (Å²) in [4.78, 5) is 17.1. The van der Waals surface area contributed by atoms with Crippen molar-refractivity contribution in [2.75, 3.05) is 6.54 Å². The van der Waals surface area contributed by atoms with Crippen molar-refractivity contribution in [3.63, 3.8) is 0 Å². The molecule has 2 aromatic rings. The average molecular weight is 325 g/mol. The number of amides is 1. The highest BCUT2D eigenvalue weighted by Gasteiger charge is 2.31. The van der Waals surface area contributed by atoms with E-state index in [1.807, 2.05) is 4.90 Å². The number of halogens is 2. The summed E-state index contributed by atoms with van der Waals surface area (Å²) in [6, 6.07) is 4.31. The first-order valence-corrected chi connectivity index (χ1v) is 7.24. The summed E-state index contributed by atoms with van der Waals surface area (Å²) in [7, 11) is 0. The highest BCUT2D eigenvalue weighted by molar-refractivity contribution is 6.30. The number of rotatable bonds is 4. The van der Waals surface area contributed by atoms with Gasteiger partial charge in [0.15, 0.2) is 0 Å². The lowest BCUT2D eigenvalue weighted by atomic mass is 10.1. The Kier molecular flexibility index (Phi) is 4.08. The predicted molar refractivity (Wildman–Crippen MR) is 76.6 cm³/mol. The van der Waals surface area contributed by atoms with E-state index in [0.29, 0.717) is 23.0 Å². The first-order valence-electron chi connectivity index (χ1n) is 6.86. The third kappa shape index (κ3) is 2.95. The van der Waals surface area contributed by atoms with Crippen molar-refractivity contribution in [2.45, 2.75) is 25.4 Å². The number of benzene rings is 1. The molecule has 0 unspecified atom stereocenters. The molecule has 0 radical (unpaired) electrons. The molecule has 6 nitrogen and oxygen atoms in total. The molecule has 1 atom stereocenters. The molecule has 0 saturated carbocycles. The summed E-state index contributed by atoms with van der Waals surface area (Å²) in [5, 5.41) is 4.04. The highest BCUT2D eigenvalue weighted by atomic mass is 35.5. The fraction of sp³-hybridized carbons (Fsp3) is 0.357. The van der Waals surface area contributed by atoms with Crippen LogP contribution in [0.15, 0.2) is 22.7 Å². The highest BCUT2D eigenvalue weighted by Crippen LogP contribution is 2.32. The van der Waals surface area contributed by atoms with E-state index >= 15 is 0 Å². The van der Waals surface area contributed by atoms with Crippen LogP contribution in [0.4, 0.5) is 4.39 Å². The number of carbonyl (C=O) groups excluding carboxylic acids is 1. The van der Waals surface area contributed by atoms with Gasteiger partial charge in [-0.25, -0.2) is 4.39 Å². The summed E-state index contributed by atoms with van der Waals surface area (Å²) in [6.07, 6.45) is 1.71. The van der Waals surface area contributed by atoms with E-state index in [4.69, 9.17) is 21.9 Å². The number of nitrogens with zero attached hydrogens (tertiary/aromatic N) is 3. The van der Waals surface area contributed by atoms with Crippen LogP contribution in [0, 0.1) is 5.82 Å². The van der Waals surface area contributed by atoms with E-state index in [9.17, 15) is 9.18 Å². The minimum Gasteiger partial charge on any atom is -0.363 e. The van der Waals surface area contributed by atoms with E-state index in [-0.39, 0.29) is 17.7 Å². The molecule has 1 aromatic carbocycles. The van der Waals surface area contributed by atoms with E-state index in [2.05, 4.69) is 10.1 Å². The standard InChI is InChI=1S/C14H14ClFN4O2/c15-9-3-4-10(16)8(6-9)7-20-5-1-2-11(20)14-18-13(12(17)21)19-22-14/h3-4,6,11H,1-2,5,7H2,(H2,17,21)/t11-/m0/s1. The van der Waals surface area contributed by atoms with Gasteiger partial charge in [-0.15, -0.1) is 0 Å². The van der Waals surface area contributed by atoms with Gasteiger partial charge in [0.25, 0.3) is 11.7 Å². The third-order valence-electron chi connectivity index (χ3n) is 3.69. The molecule has 2 heterocycles. The Hall–Kier alpha value is -1.99. The zero-order valence-electron chi connectivity index (χ0n) is 11.6. The third-order valence-corrected chi connectivity index (χ3v) is 3.93. The van der Waals surface area contributed by atoms with Crippen LogP contribution in [0.25, 0.3) is 0 Å². The van der Waals surface area contributed by atoms with Crippen LogP contribution < -0.4 is 5.73 Å². The summed E-state index contributed by atoms with van der Waals surface area (Å²) in [5.74, 6) is -0.858. The summed E-state index contributed by atoms with van der Waals surface area (Å²) in [6.45, 7) is 1.15. The number of likely N-dealkylation sites (tertiary alicyclic amines) is 1. The van der Waals surface area contributed by atoms with Gasteiger partial charge in [-0.2, -0.15) is 4.98 Å². The Labute approximate surface area is 131 Å². The van der Waals surface area contributed by atoms with Gasteiger partial charge < -0.3 is 10.3 Å². The van der Waals surface area contributed by atoms with Crippen molar-refractivity contribution in [3.8, 4) is 0 Å². The minimum atomic E-state index is -0.736. The van der Waals surface area contributed by atoms with Crippen molar-refractivity contribution >= 4 is 17.5 Å². The number of nitrogens with two attached hydrogens (primary N) is 1. The zero-order valence-corrected chi connectivity index (χ0v) is 12.4. The van der Waals surface area contributed by atoms with Crippen LogP contribution in [0.3, 0.4) is 0 Å². The Morgan fingerprint density at radius 2 is 2.36 bits per heavy atom. The minimum absolute atomic E-state index is 0.143. The van der Waals surface area contributed by atoms with Crippen molar-refractivity contribution < 1.29 is 13.7 Å². The van der Waals surface area contributed by atoms with Crippen LogP contribution >= 0.6 is 11.6 Å². The Morgan fingerprint density at radius 3 is 3.09 bits per heavy atom. The molecule has 0 spiro atoms. The first kappa shape index (κ1) is 14.9. The normalized spacial score (nSPS) is 18.7. The molecule has 3 rings (SSSR count). The quantitative estimate of drug-likeness (QED) is 0.932. The molecule has 1 aliphatic rings. The largest absolute Gasteiger partial charge is 0.363 e. The van der Waals surface area contributed by atoms with Crippen LogP contribution in [0.2, 0.25) is 5.02 Å². The van der Waals surface area contributed by atoms with Gasteiger partial charge in [-0.05, 0) is 37.6 Å². The van der Waals surface area contributed by atoms with Gasteiger partial charge in [0.1, 0.15) is 5.82 Å². The van der Waals surface area contributed by atoms with E-state index < -0.39 is 5.91 Å². The molecule has 1 aromatic heterocycles. The Balaban J connectivity index is 1.80.